The maximum atomic E-state index is 11.8. The van der Waals surface area contributed by atoms with Crippen LogP contribution in [-0.4, -0.2) is 44.0 Å². The van der Waals surface area contributed by atoms with Crippen LogP contribution in [0.25, 0.3) is 0 Å². The van der Waals surface area contributed by atoms with E-state index in [1.165, 1.54) is 0 Å². The molecule has 1 aromatic carbocycles. The van der Waals surface area contributed by atoms with Crippen LogP contribution in [0, 0.1) is 0 Å². The van der Waals surface area contributed by atoms with Gasteiger partial charge >= 0.3 is 0 Å². The number of carbonyl (C=O) groups excluding carboxylic acids is 1. The standard InChI is InChI=1S/C15H22ClN3O2S/c1-21-8-13-6-12(18-19-13)7-17-15(20)10-22-9-11-4-2-3-5-14(11)16/h2-5,12-13,18-19H,6-10H2,1H3,(H,17,20). The lowest BCUT2D eigenvalue weighted by molar-refractivity contribution is -0.118. The highest BCUT2D eigenvalue weighted by Gasteiger charge is 2.23. The molecular formula is C15H22ClN3O2S. The summed E-state index contributed by atoms with van der Waals surface area (Å²) in [5.74, 6) is 1.23. The van der Waals surface area contributed by atoms with E-state index in [2.05, 4.69) is 16.2 Å². The summed E-state index contributed by atoms with van der Waals surface area (Å²) in [6, 6.07) is 8.27. The number of methoxy groups -OCH3 is 1. The topological polar surface area (TPSA) is 62.4 Å². The molecule has 7 heteroatoms. The number of amides is 1. The van der Waals surface area contributed by atoms with Crippen molar-refractivity contribution in [2.24, 2.45) is 0 Å². The first-order chi connectivity index (χ1) is 10.7. The maximum Gasteiger partial charge on any atom is 0.230 e. The average molecular weight is 344 g/mol. The summed E-state index contributed by atoms with van der Waals surface area (Å²) in [7, 11) is 1.69. The van der Waals surface area contributed by atoms with Crippen LogP contribution in [0.4, 0.5) is 0 Å². The molecule has 1 aliphatic rings. The lowest BCUT2D eigenvalue weighted by atomic mass is 10.1. The molecule has 0 radical (unpaired) electrons. The second kappa shape index (κ2) is 9.37. The van der Waals surface area contributed by atoms with E-state index >= 15 is 0 Å². The van der Waals surface area contributed by atoms with Crippen LogP contribution < -0.4 is 16.2 Å². The fourth-order valence-electron chi connectivity index (χ4n) is 2.30. The highest BCUT2D eigenvalue weighted by Crippen LogP contribution is 2.20. The largest absolute Gasteiger partial charge is 0.383 e. The van der Waals surface area contributed by atoms with Gasteiger partial charge in [0.05, 0.1) is 12.4 Å². The van der Waals surface area contributed by atoms with Crippen molar-refractivity contribution in [3.63, 3.8) is 0 Å². The first-order valence-electron chi connectivity index (χ1n) is 7.27. The van der Waals surface area contributed by atoms with Gasteiger partial charge in [0, 0.05) is 36.5 Å². The number of hydrogen-bond donors (Lipinski definition) is 3. The Hall–Kier alpha value is -0.790. The van der Waals surface area contributed by atoms with Gasteiger partial charge in [-0.25, -0.2) is 0 Å². The molecule has 1 saturated heterocycles. The van der Waals surface area contributed by atoms with Crippen LogP contribution in [0.15, 0.2) is 24.3 Å². The van der Waals surface area contributed by atoms with Gasteiger partial charge in [-0.2, -0.15) is 0 Å². The molecule has 1 aromatic rings. The van der Waals surface area contributed by atoms with E-state index in [0.29, 0.717) is 24.9 Å². The van der Waals surface area contributed by atoms with Gasteiger partial charge in [-0.3, -0.25) is 15.6 Å². The van der Waals surface area contributed by atoms with Crippen molar-refractivity contribution in [3.8, 4) is 0 Å². The molecule has 5 nitrogen and oxygen atoms in total. The second-order valence-electron chi connectivity index (χ2n) is 5.26. The predicted molar refractivity (Wildman–Crippen MR) is 91.0 cm³/mol. The number of benzene rings is 1. The van der Waals surface area contributed by atoms with Gasteiger partial charge in [0.2, 0.25) is 5.91 Å². The Balaban J connectivity index is 1.60. The minimum atomic E-state index is 0.0500. The third-order valence-electron chi connectivity index (χ3n) is 3.42. The first-order valence-corrected chi connectivity index (χ1v) is 8.80. The Morgan fingerprint density at radius 3 is 2.95 bits per heavy atom. The fraction of sp³-hybridized carbons (Fsp3) is 0.533. The lowest BCUT2D eigenvalue weighted by Gasteiger charge is -2.11. The summed E-state index contributed by atoms with van der Waals surface area (Å²) < 4.78 is 5.10. The van der Waals surface area contributed by atoms with E-state index in [-0.39, 0.29) is 11.9 Å². The second-order valence-corrected chi connectivity index (χ2v) is 6.65. The average Bonchev–Trinajstić information content (AvgIpc) is 2.95. The molecule has 22 heavy (non-hydrogen) atoms. The van der Waals surface area contributed by atoms with E-state index < -0.39 is 0 Å². The number of carbonyl (C=O) groups is 1. The highest BCUT2D eigenvalue weighted by molar-refractivity contribution is 7.99. The first kappa shape index (κ1) is 17.6. The van der Waals surface area contributed by atoms with Crippen molar-refractivity contribution in [3.05, 3.63) is 34.9 Å². The smallest absolute Gasteiger partial charge is 0.230 e. The van der Waals surface area contributed by atoms with Crippen LogP contribution in [0.5, 0.6) is 0 Å². The Labute approximate surface area is 140 Å². The molecule has 1 aliphatic heterocycles. The van der Waals surface area contributed by atoms with Crippen molar-refractivity contribution in [1.82, 2.24) is 16.2 Å². The Morgan fingerprint density at radius 2 is 2.18 bits per heavy atom. The van der Waals surface area contributed by atoms with Gasteiger partial charge in [0.15, 0.2) is 0 Å². The maximum absolute atomic E-state index is 11.8. The van der Waals surface area contributed by atoms with Gasteiger partial charge in [-0.15, -0.1) is 11.8 Å². The summed E-state index contributed by atoms with van der Waals surface area (Å²) in [5, 5.41) is 3.70. The Kier molecular flexibility index (Phi) is 7.48. The minimum Gasteiger partial charge on any atom is -0.383 e. The van der Waals surface area contributed by atoms with Gasteiger partial charge < -0.3 is 10.1 Å². The zero-order valence-electron chi connectivity index (χ0n) is 12.6. The molecule has 122 valence electrons. The van der Waals surface area contributed by atoms with Gasteiger partial charge in [0.1, 0.15) is 0 Å². The highest BCUT2D eigenvalue weighted by atomic mass is 35.5. The quantitative estimate of drug-likeness (QED) is 0.669. The van der Waals surface area contributed by atoms with Crippen LogP contribution in [0.2, 0.25) is 5.02 Å². The third kappa shape index (κ3) is 5.78. The number of halogens is 1. The van der Waals surface area contributed by atoms with Crippen molar-refractivity contribution in [2.45, 2.75) is 24.3 Å². The van der Waals surface area contributed by atoms with E-state index in [4.69, 9.17) is 16.3 Å². The van der Waals surface area contributed by atoms with Crippen LogP contribution >= 0.6 is 23.4 Å². The summed E-state index contributed by atoms with van der Waals surface area (Å²) in [6.07, 6.45) is 0.945. The van der Waals surface area contributed by atoms with Crippen molar-refractivity contribution in [1.29, 1.82) is 0 Å². The van der Waals surface area contributed by atoms with Crippen molar-refractivity contribution >= 4 is 29.3 Å². The zero-order valence-corrected chi connectivity index (χ0v) is 14.2. The fourth-order valence-corrected chi connectivity index (χ4v) is 3.44. The van der Waals surface area contributed by atoms with E-state index in [0.717, 1.165) is 22.8 Å². The van der Waals surface area contributed by atoms with Crippen molar-refractivity contribution < 1.29 is 9.53 Å². The molecular weight excluding hydrogens is 322 g/mol. The normalized spacial score (nSPS) is 21.0. The molecule has 0 spiro atoms. The molecule has 2 unspecified atom stereocenters. The molecule has 2 rings (SSSR count). The molecule has 1 amide bonds. The number of rotatable bonds is 8. The Bertz CT molecular complexity index is 490. The summed E-state index contributed by atoms with van der Waals surface area (Å²) >= 11 is 7.65. The molecule has 0 aromatic heterocycles. The minimum absolute atomic E-state index is 0.0500. The van der Waals surface area contributed by atoms with Crippen molar-refractivity contribution in [2.75, 3.05) is 26.0 Å². The number of nitrogens with one attached hydrogen (secondary N) is 3. The molecule has 2 atom stereocenters. The van der Waals surface area contributed by atoms with Gasteiger partial charge in [0.25, 0.3) is 0 Å². The van der Waals surface area contributed by atoms with Crippen LogP contribution in [0.3, 0.4) is 0 Å². The predicted octanol–water partition coefficient (Wildman–Crippen LogP) is 1.57. The molecule has 0 aliphatic carbocycles. The van der Waals surface area contributed by atoms with E-state index in [9.17, 15) is 4.79 Å². The zero-order chi connectivity index (χ0) is 15.8. The number of thioether (sulfide) groups is 1. The SMILES string of the molecule is COCC1CC(CNC(=O)CSCc2ccccc2Cl)NN1. The molecule has 0 saturated carbocycles. The molecule has 0 bridgehead atoms. The Morgan fingerprint density at radius 1 is 1.41 bits per heavy atom. The summed E-state index contributed by atoms with van der Waals surface area (Å²) in [4.78, 5) is 11.8. The van der Waals surface area contributed by atoms with Gasteiger partial charge in [-0.1, -0.05) is 29.8 Å². The monoisotopic (exact) mass is 343 g/mol. The third-order valence-corrected chi connectivity index (χ3v) is 4.77. The van der Waals surface area contributed by atoms with Crippen LogP contribution in [-0.2, 0) is 15.3 Å². The lowest BCUT2D eigenvalue weighted by Crippen LogP contribution is -2.41. The number of hydrazine groups is 1. The number of ether oxygens (including phenoxy) is 1. The molecule has 3 N–H and O–H groups in total. The van der Waals surface area contributed by atoms with E-state index in [1.54, 1.807) is 18.9 Å². The molecule has 1 fully saturated rings. The summed E-state index contributed by atoms with van der Waals surface area (Å²) in [5.41, 5.74) is 7.38. The van der Waals surface area contributed by atoms with Gasteiger partial charge in [-0.05, 0) is 18.1 Å². The van der Waals surface area contributed by atoms with Crippen LogP contribution in [0.1, 0.15) is 12.0 Å². The number of hydrogen-bond acceptors (Lipinski definition) is 5. The molecule has 1 heterocycles. The summed E-state index contributed by atoms with van der Waals surface area (Å²) in [6.45, 7) is 1.30. The van der Waals surface area contributed by atoms with E-state index in [1.807, 2.05) is 24.3 Å².